The van der Waals surface area contributed by atoms with Crippen molar-refractivity contribution in [3.63, 3.8) is 0 Å². The van der Waals surface area contributed by atoms with Crippen LogP contribution in [0.15, 0.2) is 58.4 Å². The summed E-state index contributed by atoms with van der Waals surface area (Å²) in [5.74, 6) is 0.579. The Hall–Kier alpha value is -2.64. The highest BCUT2D eigenvalue weighted by Gasteiger charge is 2.24. The fourth-order valence-electron chi connectivity index (χ4n) is 3.30. The Morgan fingerprint density at radius 3 is 2.51 bits per heavy atom. The van der Waals surface area contributed by atoms with Gasteiger partial charge in [0.1, 0.15) is 6.61 Å². The van der Waals surface area contributed by atoms with Crippen LogP contribution in [0.2, 0.25) is 15.1 Å². The number of carbonyl (C=O) groups is 1. The average molecular weight is 548 g/mol. The van der Waals surface area contributed by atoms with Crippen LogP contribution in [0.4, 0.5) is 5.69 Å². The minimum atomic E-state index is -0.231. The molecular formula is C26H21Cl3N2O3S. The van der Waals surface area contributed by atoms with Crippen molar-refractivity contribution in [2.24, 2.45) is 4.99 Å². The Balaban J connectivity index is 1.54. The van der Waals surface area contributed by atoms with Gasteiger partial charge in [-0.05, 0) is 84.8 Å². The van der Waals surface area contributed by atoms with E-state index in [1.54, 1.807) is 36.4 Å². The Labute approximate surface area is 223 Å². The number of rotatable bonds is 6. The normalized spacial score (nSPS) is 15.5. The minimum Gasteiger partial charge on any atom is -0.493 e. The first-order chi connectivity index (χ1) is 16.7. The number of nitrogens with one attached hydrogen (secondary N) is 1. The van der Waals surface area contributed by atoms with Gasteiger partial charge in [0.05, 0.1) is 22.7 Å². The maximum absolute atomic E-state index is 12.5. The maximum atomic E-state index is 12.5. The van der Waals surface area contributed by atoms with Crippen molar-refractivity contribution in [1.29, 1.82) is 0 Å². The van der Waals surface area contributed by atoms with Crippen LogP contribution < -0.4 is 14.8 Å². The highest BCUT2D eigenvalue weighted by Crippen LogP contribution is 2.39. The smallest absolute Gasteiger partial charge is 0.264 e. The van der Waals surface area contributed by atoms with E-state index in [2.05, 4.69) is 10.3 Å². The molecule has 35 heavy (non-hydrogen) atoms. The molecule has 0 aromatic heterocycles. The van der Waals surface area contributed by atoms with Crippen LogP contribution in [0, 0.1) is 13.8 Å². The van der Waals surface area contributed by atoms with Gasteiger partial charge in [-0.3, -0.25) is 4.79 Å². The molecule has 1 amide bonds. The van der Waals surface area contributed by atoms with Gasteiger partial charge in [0.25, 0.3) is 5.91 Å². The number of carbonyl (C=O) groups excluding carboxylic acids is 1. The van der Waals surface area contributed by atoms with Crippen LogP contribution in [0.5, 0.6) is 11.5 Å². The third-order valence-electron chi connectivity index (χ3n) is 5.31. The number of thioether (sulfide) groups is 1. The number of benzene rings is 3. The summed E-state index contributed by atoms with van der Waals surface area (Å²) in [6.45, 7) is 4.25. The lowest BCUT2D eigenvalue weighted by molar-refractivity contribution is -0.115. The summed E-state index contributed by atoms with van der Waals surface area (Å²) < 4.78 is 11.4. The number of ether oxygens (including phenoxy) is 2. The monoisotopic (exact) mass is 546 g/mol. The predicted octanol–water partition coefficient (Wildman–Crippen LogP) is 7.74. The molecule has 0 radical (unpaired) electrons. The fourth-order valence-corrected chi connectivity index (χ4v) is 4.87. The fraction of sp³-hybridized carbons (Fsp3) is 0.154. The number of hydrogen-bond acceptors (Lipinski definition) is 5. The molecule has 1 aliphatic heterocycles. The summed E-state index contributed by atoms with van der Waals surface area (Å²) in [4.78, 5) is 17.6. The lowest BCUT2D eigenvalue weighted by Crippen LogP contribution is -2.19. The molecule has 0 saturated carbocycles. The van der Waals surface area contributed by atoms with Crippen LogP contribution in [-0.4, -0.2) is 18.2 Å². The van der Waals surface area contributed by atoms with Gasteiger partial charge >= 0.3 is 0 Å². The molecule has 1 N–H and O–H groups in total. The lowest BCUT2D eigenvalue weighted by atomic mass is 10.1. The van der Waals surface area contributed by atoms with Crippen molar-refractivity contribution in [2.45, 2.75) is 20.5 Å². The molecule has 1 aliphatic rings. The Morgan fingerprint density at radius 1 is 1.00 bits per heavy atom. The topological polar surface area (TPSA) is 59.9 Å². The first-order valence-electron chi connectivity index (χ1n) is 10.5. The van der Waals surface area contributed by atoms with E-state index in [-0.39, 0.29) is 12.5 Å². The highest BCUT2D eigenvalue weighted by molar-refractivity contribution is 8.18. The number of hydrogen-bond donors (Lipinski definition) is 1. The Bertz CT molecular complexity index is 1370. The number of nitrogens with zero attached hydrogens (tertiary/aromatic N) is 1. The van der Waals surface area contributed by atoms with Gasteiger partial charge in [0.15, 0.2) is 16.7 Å². The summed E-state index contributed by atoms with van der Waals surface area (Å²) in [5.41, 5.74) is 4.56. The van der Waals surface area contributed by atoms with Crippen molar-refractivity contribution < 1.29 is 14.3 Å². The molecule has 0 aliphatic carbocycles. The van der Waals surface area contributed by atoms with Gasteiger partial charge in [-0.2, -0.15) is 0 Å². The van der Waals surface area contributed by atoms with Crippen LogP contribution in [0.25, 0.3) is 6.08 Å². The second kappa shape index (κ2) is 11.0. The van der Waals surface area contributed by atoms with Gasteiger partial charge in [-0.15, -0.1) is 0 Å². The summed E-state index contributed by atoms with van der Waals surface area (Å²) in [7, 11) is 1.52. The van der Waals surface area contributed by atoms with Gasteiger partial charge in [-0.1, -0.05) is 46.9 Å². The third kappa shape index (κ3) is 6.14. The number of aliphatic imine (C=N–C) groups is 1. The number of amidine groups is 1. The number of aryl methyl sites for hydroxylation is 2. The summed E-state index contributed by atoms with van der Waals surface area (Å²) in [6.07, 6.45) is 1.73. The van der Waals surface area contributed by atoms with E-state index in [1.807, 2.05) is 32.0 Å². The van der Waals surface area contributed by atoms with Crippen LogP contribution >= 0.6 is 46.6 Å². The van der Waals surface area contributed by atoms with E-state index in [9.17, 15) is 4.79 Å². The largest absolute Gasteiger partial charge is 0.493 e. The second-order valence-electron chi connectivity index (χ2n) is 7.81. The van der Waals surface area contributed by atoms with E-state index in [1.165, 1.54) is 24.4 Å². The van der Waals surface area contributed by atoms with E-state index in [0.29, 0.717) is 42.2 Å². The SMILES string of the molecule is COc1cc(/C=C2\SC(=Nc3ccc(C)c(C)c3)NC2=O)cc(Cl)c1OCc1ccc(Cl)cc1Cl. The van der Waals surface area contributed by atoms with Crippen molar-refractivity contribution in [2.75, 3.05) is 7.11 Å². The Morgan fingerprint density at radius 2 is 1.80 bits per heavy atom. The van der Waals surface area contributed by atoms with Crippen molar-refractivity contribution >= 4 is 69.4 Å². The van der Waals surface area contributed by atoms with E-state index < -0.39 is 0 Å². The number of methoxy groups -OCH3 is 1. The number of halogens is 3. The quantitative estimate of drug-likeness (QED) is 0.321. The van der Waals surface area contributed by atoms with E-state index >= 15 is 0 Å². The van der Waals surface area contributed by atoms with Gasteiger partial charge in [0.2, 0.25) is 0 Å². The average Bonchev–Trinajstić information content (AvgIpc) is 3.14. The van der Waals surface area contributed by atoms with Crippen LogP contribution in [0.1, 0.15) is 22.3 Å². The first kappa shape index (κ1) is 25.5. The molecule has 0 unspecified atom stereocenters. The first-order valence-corrected chi connectivity index (χ1v) is 12.5. The molecule has 0 bridgehead atoms. The standard InChI is InChI=1S/C26H21Cl3N2O3S/c1-14-4-7-19(8-15(14)2)30-26-31-25(32)23(35-26)11-16-9-21(29)24(22(10-16)33-3)34-13-17-5-6-18(27)12-20(17)28/h4-12H,13H2,1-3H3,(H,30,31,32)/b23-11-. The van der Waals surface area contributed by atoms with Crippen molar-refractivity contribution in [3.8, 4) is 11.5 Å². The summed E-state index contributed by atoms with van der Waals surface area (Å²) >= 11 is 20.0. The molecule has 0 atom stereocenters. The molecule has 3 aromatic rings. The van der Waals surface area contributed by atoms with Gasteiger partial charge in [0, 0.05) is 15.6 Å². The lowest BCUT2D eigenvalue weighted by Gasteiger charge is -2.14. The maximum Gasteiger partial charge on any atom is 0.264 e. The summed E-state index contributed by atoms with van der Waals surface area (Å²) in [5, 5.41) is 4.70. The summed E-state index contributed by atoms with van der Waals surface area (Å²) in [6, 6.07) is 14.6. The zero-order valence-electron chi connectivity index (χ0n) is 19.1. The predicted molar refractivity (Wildman–Crippen MR) is 146 cm³/mol. The van der Waals surface area contributed by atoms with Crippen molar-refractivity contribution in [3.05, 3.63) is 90.8 Å². The van der Waals surface area contributed by atoms with Crippen LogP contribution in [0.3, 0.4) is 0 Å². The molecule has 1 fully saturated rings. The van der Waals surface area contributed by atoms with Crippen LogP contribution in [-0.2, 0) is 11.4 Å². The molecule has 5 nitrogen and oxygen atoms in total. The molecule has 3 aromatic carbocycles. The zero-order chi connectivity index (χ0) is 25.1. The minimum absolute atomic E-state index is 0.184. The molecule has 0 spiro atoms. The molecule has 1 heterocycles. The number of amides is 1. The van der Waals surface area contributed by atoms with E-state index in [4.69, 9.17) is 44.3 Å². The second-order valence-corrected chi connectivity index (χ2v) is 10.1. The Kier molecular flexibility index (Phi) is 7.97. The molecular weight excluding hydrogens is 527 g/mol. The van der Waals surface area contributed by atoms with Gasteiger partial charge in [-0.25, -0.2) is 4.99 Å². The van der Waals surface area contributed by atoms with Gasteiger partial charge < -0.3 is 14.8 Å². The molecule has 9 heteroatoms. The molecule has 180 valence electrons. The molecule has 1 saturated heterocycles. The molecule has 4 rings (SSSR count). The zero-order valence-corrected chi connectivity index (χ0v) is 22.2. The third-order valence-corrected chi connectivity index (χ3v) is 7.09. The van der Waals surface area contributed by atoms with Crippen molar-refractivity contribution in [1.82, 2.24) is 5.32 Å². The van der Waals surface area contributed by atoms with E-state index in [0.717, 1.165) is 16.8 Å². The highest BCUT2D eigenvalue weighted by atomic mass is 35.5.